The molecule has 0 amide bonds. The molecule has 2 nitrogen and oxygen atoms in total. The first-order valence-electron chi connectivity index (χ1n) is 5.17. The van der Waals surface area contributed by atoms with Gasteiger partial charge in [0, 0.05) is 22.0 Å². The summed E-state index contributed by atoms with van der Waals surface area (Å²) >= 11 is 0. The highest BCUT2D eigenvalue weighted by molar-refractivity contribution is 5.94. The van der Waals surface area contributed by atoms with Gasteiger partial charge >= 0.3 is 0 Å². The maximum absolute atomic E-state index is 5.66. The molecule has 1 heterocycles. The van der Waals surface area contributed by atoms with Crippen LogP contribution in [-0.2, 0) is 0 Å². The zero-order valence-corrected chi connectivity index (χ0v) is 8.68. The Morgan fingerprint density at radius 3 is 2.44 bits per heavy atom. The van der Waals surface area contributed by atoms with E-state index in [1.54, 1.807) is 6.26 Å². The second-order valence-electron chi connectivity index (χ2n) is 3.77. The van der Waals surface area contributed by atoms with Gasteiger partial charge in [-0.05, 0) is 24.3 Å². The van der Waals surface area contributed by atoms with Crippen molar-refractivity contribution in [2.45, 2.75) is 0 Å². The Balaban J connectivity index is 2.22. The Labute approximate surface area is 93.3 Å². The number of nitrogens with two attached hydrogens (primary N) is 1. The van der Waals surface area contributed by atoms with Gasteiger partial charge in [-0.1, -0.05) is 24.3 Å². The minimum Gasteiger partial charge on any atom is -0.463 e. The highest BCUT2D eigenvalue weighted by Crippen LogP contribution is 2.30. The van der Waals surface area contributed by atoms with Crippen LogP contribution in [-0.4, -0.2) is 0 Å². The first-order valence-corrected chi connectivity index (χ1v) is 5.17. The topological polar surface area (TPSA) is 39.2 Å². The van der Waals surface area contributed by atoms with Crippen molar-refractivity contribution >= 4 is 16.5 Å². The molecule has 0 atom stereocenters. The van der Waals surface area contributed by atoms with Crippen molar-refractivity contribution in [3.63, 3.8) is 0 Å². The SMILES string of the molecule is Nc1ccc(-c2occ3ccccc23)cc1. The molecule has 3 aromatic rings. The lowest BCUT2D eigenvalue weighted by Gasteiger charge is -1.98. The molecule has 0 radical (unpaired) electrons. The summed E-state index contributed by atoms with van der Waals surface area (Å²) in [5, 5.41) is 2.25. The number of anilines is 1. The average Bonchev–Trinajstić information content (AvgIpc) is 2.74. The molecule has 1 aromatic heterocycles. The third-order valence-corrected chi connectivity index (χ3v) is 2.68. The smallest absolute Gasteiger partial charge is 0.141 e. The van der Waals surface area contributed by atoms with Crippen molar-refractivity contribution in [2.24, 2.45) is 0 Å². The van der Waals surface area contributed by atoms with Crippen LogP contribution in [0.25, 0.3) is 22.1 Å². The summed E-state index contributed by atoms with van der Waals surface area (Å²) in [4.78, 5) is 0. The molecular formula is C14H11NO. The van der Waals surface area contributed by atoms with Gasteiger partial charge in [0.2, 0.25) is 0 Å². The van der Waals surface area contributed by atoms with Crippen molar-refractivity contribution in [3.05, 3.63) is 54.8 Å². The molecule has 0 unspecified atom stereocenters. The molecule has 2 aromatic carbocycles. The molecule has 2 heteroatoms. The van der Waals surface area contributed by atoms with Gasteiger partial charge in [-0.3, -0.25) is 0 Å². The van der Waals surface area contributed by atoms with Crippen LogP contribution in [0.4, 0.5) is 5.69 Å². The minimum absolute atomic E-state index is 0.764. The Morgan fingerprint density at radius 2 is 1.62 bits per heavy atom. The summed E-state index contributed by atoms with van der Waals surface area (Å²) in [5.41, 5.74) is 7.48. The van der Waals surface area contributed by atoms with E-state index in [1.165, 1.54) is 0 Å². The molecule has 3 rings (SSSR count). The summed E-state index contributed by atoms with van der Waals surface area (Å²) in [6.45, 7) is 0. The second-order valence-corrected chi connectivity index (χ2v) is 3.77. The first-order chi connectivity index (χ1) is 7.84. The number of fused-ring (bicyclic) bond motifs is 1. The molecule has 0 aliphatic heterocycles. The van der Waals surface area contributed by atoms with Crippen LogP contribution in [0.1, 0.15) is 0 Å². The summed E-state index contributed by atoms with van der Waals surface area (Å²) in [7, 11) is 0. The van der Waals surface area contributed by atoms with Gasteiger partial charge in [0.25, 0.3) is 0 Å². The van der Waals surface area contributed by atoms with E-state index in [-0.39, 0.29) is 0 Å². The van der Waals surface area contributed by atoms with Crippen LogP contribution in [0.3, 0.4) is 0 Å². The molecule has 0 saturated carbocycles. The number of nitrogen functional groups attached to an aromatic ring is 1. The number of furan rings is 1. The van der Waals surface area contributed by atoms with E-state index in [0.29, 0.717) is 0 Å². The van der Waals surface area contributed by atoms with E-state index in [9.17, 15) is 0 Å². The predicted molar refractivity (Wildman–Crippen MR) is 66.1 cm³/mol. The fraction of sp³-hybridized carbons (Fsp3) is 0. The zero-order valence-electron chi connectivity index (χ0n) is 8.68. The molecule has 0 aliphatic rings. The van der Waals surface area contributed by atoms with Gasteiger partial charge in [-0.2, -0.15) is 0 Å². The maximum Gasteiger partial charge on any atom is 0.141 e. The largest absolute Gasteiger partial charge is 0.463 e. The second kappa shape index (κ2) is 3.42. The average molecular weight is 209 g/mol. The molecule has 0 fully saturated rings. The van der Waals surface area contributed by atoms with E-state index >= 15 is 0 Å². The lowest BCUT2D eigenvalue weighted by molar-refractivity contribution is 0.587. The number of rotatable bonds is 1. The van der Waals surface area contributed by atoms with Crippen LogP contribution >= 0.6 is 0 Å². The number of hydrogen-bond donors (Lipinski definition) is 1. The molecule has 16 heavy (non-hydrogen) atoms. The monoisotopic (exact) mass is 209 g/mol. The molecule has 0 spiro atoms. The zero-order chi connectivity index (χ0) is 11.0. The third kappa shape index (κ3) is 1.36. The maximum atomic E-state index is 5.66. The number of benzene rings is 2. The van der Waals surface area contributed by atoms with Crippen LogP contribution in [0, 0.1) is 0 Å². The van der Waals surface area contributed by atoms with Crippen LogP contribution in [0.15, 0.2) is 59.2 Å². The summed E-state index contributed by atoms with van der Waals surface area (Å²) < 4.78 is 5.60. The van der Waals surface area contributed by atoms with E-state index in [4.69, 9.17) is 10.2 Å². The van der Waals surface area contributed by atoms with E-state index < -0.39 is 0 Å². The normalized spacial score (nSPS) is 10.8. The van der Waals surface area contributed by atoms with Crippen LogP contribution in [0.2, 0.25) is 0 Å². The molecule has 0 aliphatic carbocycles. The Kier molecular flexibility index (Phi) is 1.93. The fourth-order valence-electron chi connectivity index (χ4n) is 1.85. The van der Waals surface area contributed by atoms with Gasteiger partial charge in [0.15, 0.2) is 0 Å². The lowest BCUT2D eigenvalue weighted by Crippen LogP contribution is -1.83. The molecule has 0 bridgehead atoms. The van der Waals surface area contributed by atoms with Crippen molar-refractivity contribution < 1.29 is 4.42 Å². The number of hydrogen-bond acceptors (Lipinski definition) is 2. The third-order valence-electron chi connectivity index (χ3n) is 2.68. The van der Waals surface area contributed by atoms with E-state index in [0.717, 1.165) is 27.8 Å². The van der Waals surface area contributed by atoms with Crippen LogP contribution in [0.5, 0.6) is 0 Å². The van der Waals surface area contributed by atoms with Gasteiger partial charge < -0.3 is 10.2 Å². The van der Waals surface area contributed by atoms with Crippen molar-refractivity contribution in [3.8, 4) is 11.3 Å². The Bertz CT molecular complexity index is 623. The van der Waals surface area contributed by atoms with Crippen molar-refractivity contribution in [1.29, 1.82) is 0 Å². The Hall–Kier alpha value is -2.22. The highest BCUT2D eigenvalue weighted by Gasteiger charge is 2.07. The molecule has 0 saturated heterocycles. The van der Waals surface area contributed by atoms with Gasteiger partial charge in [0.1, 0.15) is 5.76 Å². The highest BCUT2D eigenvalue weighted by atomic mass is 16.3. The van der Waals surface area contributed by atoms with Crippen molar-refractivity contribution in [1.82, 2.24) is 0 Å². The first kappa shape index (κ1) is 9.04. The van der Waals surface area contributed by atoms with Gasteiger partial charge in [0.05, 0.1) is 6.26 Å². The summed E-state index contributed by atoms with van der Waals surface area (Å²) in [5.74, 6) is 0.899. The molecule has 2 N–H and O–H groups in total. The predicted octanol–water partition coefficient (Wildman–Crippen LogP) is 3.68. The quantitative estimate of drug-likeness (QED) is 0.621. The van der Waals surface area contributed by atoms with Gasteiger partial charge in [-0.25, -0.2) is 0 Å². The van der Waals surface area contributed by atoms with E-state index in [2.05, 4.69) is 6.07 Å². The molecule has 78 valence electrons. The summed E-state index contributed by atoms with van der Waals surface area (Å²) in [6.07, 6.45) is 1.78. The fourth-order valence-corrected chi connectivity index (χ4v) is 1.85. The lowest BCUT2D eigenvalue weighted by atomic mass is 10.1. The summed E-state index contributed by atoms with van der Waals surface area (Å²) in [6, 6.07) is 15.8. The van der Waals surface area contributed by atoms with Crippen molar-refractivity contribution in [2.75, 3.05) is 5.73 Å². The minimum atomic E-state index is 0.764. The van der Waals surface area contributed by atoms with E-state index in [1.807, 2.05) is 42.5 Å². The standard InChI is InChI=1S/C14H11NO/c15-12-7-5-10(6-8-12)14-13-4-2-1-3-11(13)9-16-14/h1-9H,15H2. The Morgan fingerprint density at radius 1 is 0.875 bits per heavy atom. The molecular weight excluding hydrogens is 198 g/mol. The van der Waals surface area contributed by atoms with Crippen LogP contribution < -0.4 is 5.73 Å². The van der Waals surface area contributed by atoms with Gasteiger partial charge in [-0.15, -0.1) is 0 Å².